The highest BCUT2D eigenvalue weighted by Crippen LogP contribution is 2.30. The first-order valence-corrected chi connectivity index (χ1v) is 5.99. The quantitative estimate of drug-likeness (QED) is 0.874. The van der Waals surface area contributed by atoms with Crippen molar-refractivity contribution in [1.82, 2.24) is 0 Å². The molecule has 1 N–H and O–H groups in total. The number of aryl methyl sites for hydroxylation is 1. The average Bonchev–Trinajstić information content (AvgIpc) is 2.27. The van der Waals surface area contributed by atoms with Crippen LogP contribution >= 0.6 is 15.9 Å². The van der Waals surface area contributed by atoms with Crippen molar-refractivity contribution in [3.05, 3.63) is 33.0 Å². The number of aliphatic hydroxyl groups excluding tert-OH is 1. The summed E-state index contributed by atoms with van der Waals surface area (Å²) in [5.41, 5.74) is 0.824. The molecule has 0 heterocycles. The van der Waals surface area contributed by atoms with Gasteiger partial charge in [-0.2, -0.15) is 0 Å². The van der Waals surface area contributed by atoms with Crippen LogP contribution in [0.1, 0.15) is 29.7 Å². The van der Waals surface area contributed by atoms with Crippen molar-refractivity contribution in [3.63, 3.8) is 0 Å². The zero-order valence-electron chi connectivity index (χ0n) is 9.88. The van der Waals surface area contributed by atoms with E-state index in [1.807, 2.05) is 0 Å². The number of carbonyl (C=O) groups excluding carboxylic acids is 1. The lowest BCUT2D eigenvalue weighted by atomic mass is 10.00. The third kappa shape index (κ3) is 2.84. The van der Waals surface area contributed by atoms with Crippen molar-refractivity contribution in [3.8, 4) is 0 Å². The summed E-state index contributed by atoms with van der Waals surface area (Å²) in [4.78, 5) is 11.4. The lowest BCUT2D eigenvalue weighted by Crippen LogP contribution is -2.18. The van der Waals surface area contributed by atoms with Crippen LogP contribution in [0, 0.1) is 19.7 Å². The first kappa shape index (κ1) is 14.1. The third-order valence-corrected chi connectivity index (χ3v) is 3.30. The number of ether oxygens (including phenoxy) is 1. The number of halogens is 2. The molecule has 0 bridgehead atoms. The van der Waals surface area contributed by atoms with Crippen LogP contribution in [-0.2, 0) is 9.53 Å². The number of aliphatic hydroxyl groups is 1. The van der Waals surface area contributed by atoms with E-state index < -0.39 is 17.9 Å². The molecule has 0 saturated carbocycles. The van der Waals surface area contributed by atoms with Gasteiger partial charge in [-0.25, -0.2) is 9.18 Å². The molecule has 1 aromatic rings. The van der Waals surface area contributed by atoms with Crippen molar-refractivity contribution in [2.75, 3.05) is 6.61 Å². The molecule has 94 valence electrons. The number of benzene rings is 1. The Bertz CT molecular complexity index is 420. The predicted octanol–water partition coefficient (Wildman–Crippen LogP) is 2.80. The molecule has 0 radical (unpaired) electrons. The molecule has 5 heteroatoms. The normalized spacial score (nSPS) is 12.4. The Morgan fingerprint density at radius 2 is 2.18 bits per heavy atom. The second-order valence-electron chi connectivity index (χ2n) is 3.68. The summed E-state index contributed by atoms with van der Waals surface area (Å²) >= 11 is 3.26. The van der Waals surface area contributed by atoms with Crippen LogP contribution in [0.25, 0.3) is 0 Å². The molecule has 0 fully saturated rings. The molecule has 0 spiro atoms. The summed E-state index contributed by atoms with van der Waals surface area (Å²) < 4.78 is 19.2. The second-order valence-corrected chi connectivity index (χ2v) is 4.54. The fourth-order valence-corrected chi connectivity index (χ4v) is 2.09. The van der Waals surface area contributed by atoms with Crippen molar-refractivity contribution >= 4 is 21.9 Å². The largest absolute Gasteiger partial charge is 0.464 e. The van der Waals surface area contributed by atoms with E-state index in [1.165, 1.54) is 0 Å². The van der Waals surface area contributed by atoms with Crippen LogP contribution < -0.4 is 0 Å². The van der Waals surface area contributed by atoms with E-state index in [0.717, 1.165) is 0 Å². The van der Waals surface area contributed by atoms with Crippen LogP contribution in [0.2, 0.25) is 0 Å². The van der Waals surface area contributed by atoms with Gasteiger partial charge >= 0.3 is 5.97 Å². The maximum absolute atomic E-state index is 13.9. The van der Waals surface area contributed by atoms with Crippen molar-refractivity contribution in [1.29, 1.82) is 0 Å². The van der Waals surface area contributed by atoms with Gasteiger partial charge in [0.2, 0.25) is 0 Å². The molecule has 0 saturated heterocycles. The van der Waals surface area contributed by atoms with Gasteiger partial charge in [0.1, 0.15) is 5.82 Å². The van der Waals surface area contributed by atoms with E-state index in [1.54, 1.807) is 26.8 Å². The van der Waals surface area contributed by atoms with Crippen LogP contribution in [0.4, 0.5) is 4.39 Å². The Labute approximate surface area is 108 Å². The van der Waals surface area contributed by atoms with Crippen LogP contribution in [0.15, 0.2) is 10.5 Å². The predicted molar refractivity (Wildman–Crippen MR) is 65.2 cm³/mol. The molecule has 0 aliphatic rings. The smallest absolute Gasteiger partial charge is 0.339 e. The minimum Gasteiger partial charge on any atom is -0.464 e. The molecule has 17 heavy (non-hydrogen) atoms. The zero-order chi connectivity index (χ0) is 13.2. The van der Waals surface area contributed by atoms with Crippen molar-refractivity contribution in [2.45, 2.75) is 26.9 Å². The maximum atomic E-state index is 13.9. The molecule has 1 unspecified atom stereocenters. The highest BCUT2D eigenvalue weighted by Gasteiger charge is 2.26. The van der Waals surface area contributed by atoms with Gasteiger partial charge in [-0.1, -0.05) is 15.9 Å². The zero-order valence-corrected chi connectivity index (χ0v) is 11.5. The number of hydrogen-bond acceptors (Lipinski definition) is 3. The maximum Gasteiger partial charge on any atom is 0.339 e. The van der Waals surface area contributed by atoms with Crippen molar-refractivity contribution in [2.24, 2.45) is 0 Å². The molecule has 1 atom stereocenters. The Balaban J connectivity index is 3.25. The summed E-state index contributed by atoms with van der Waals surface area (Å²) in [6.45, 7) is 4.97. The van der Waals surface area contributed by atoms with Gasteiger partial charge in [-0.15, -0.1) is 0 Å². The molecular weight excluding hydrogens is 291 g/mol. The fourth-order valence-electron chi connectivity index (χ4n) is 1.53. The Morgan fingerprint density at radius 3 is 2.71 bits per heavy atom. The van der Waals surface area contributed by atoms with Gasteiger partial charge < -0.3 is 9.84 Å². The Kier molecular flexibility index (Phi) is 4.65. The molecule has 0 aliphatic heterocycles. The highest BCUT2D eigenvalue weighted by atomic mass is 79.9. The van der Waals surface area contributed by atoms with E-state index in [4.69, 9.17) is 0 Å². The Hall–Kier alpha value is -0.940. The molecule has 0 aliphatic carbocycles. The molecule has 1 rings (SSSR count). The first-order chi connectivity index (χ1) is 7.90. The summed E-state index contributed by atoms with van der Waals surface area (Å²) in [6.07, 6.45) is -1.59. The van der Waals surface area contributed by atoms with E-state index in [9.17, 15) is 14.3 Å². The average molecular weight is 305 g/mol. The SMILES string of the molecule is CCOC(=O)C(O)c1c(C)c(Br)cc(C)c1F. The van der Waals surface area contributed by atoms with E-state index in [2.05, 4.69) is 20.7 Å². The highest BCUT2D eigenvalue weighted by molar-refractivity contribution is 9.10. The van der Waals surface area contributed by atoms with E-state index >= 15 is 0 Å². The fraction of sp³-hybridized carbons (Fsp3) is 0.417. The minimum atomic E-state index is -1.59. The van der Waals surface area contributed by atoms with Gasteiger partial charge in [0, 0.05) is 10.0 Å². The molecule has 1 aromatic carbocycles. The first-order valence-electron chi connectivity index (χ1n) is 5.19. The van der Waals surface area contributed by atoms with Gasteiger partial charge in [-0.05, 0) is 38.0 Å². The number of hydrogen-bond donors (Lipinski definition) is 1. The number of esters is 1. The Morgan fingerprint density at radius 1 is 1.59 bits per heavy atom. The number of carbonyl (C=O) groups is 1. The molecule has 0 amide bonds. The summed E-state index contributed by atoms with van der Waals surface area (Å²) in [6, 6.07) is 1.60. The van der Waals surface area contributed by atoms with Crippen LogP contribution in [0.3, 0.4) is 0 Å². The minimum absolute atomic E-state index is 0.0321. The van der Waals surface area contributed by atoms with Gasteiger partial charge in [0.05, 0.1) is 6.61 Å². The van der Waals surface area contributed by atoms with Gasteiger partial charge in [0.25, 0.3) is 0 Å². The lowest BCUT2D eigenvalue weighted by molar-refractivity contribution is -0.153. The molecule has 0 aromatic heterocycles. The second kappa shape index (κ2) is 5.60. The van der Waals surface area contributed by atoms with E-state index in [-0.39, 0.29) is 12.2 Å². The summed E-state index contributed by atoms with van der Waals surface area (Å²) in [5.74, 6) is -1.42. The monoisotopic (exact) mass is 304 g/mol. The molecule has 3 nitrogen and oxygen atoms in total. The van der Waals surface area contributed by atoms with Gasteiger partial charge in [0.15, 0.2) is 6.10 Å². The van der Waals surface area contributed by atoms with E-state index in [0.29, 0.717) is 15.6 Å². The topological polar surface area (TPSA) is 46.5 Å². The molecular formula is C12H14BrFO3. The van der Waals surface area contributed by atoms with Crippen LogP contribution in [0.5, 0.6) is 0 Å². The van der Waals surface area contributed by atoms with Crippen molar-refractivity contribution < 1.29 is 19.0 Å². The number of rotatable bonds is 3. The van der Waals surface area contributed by atoms with Gasteiger partial charge in [-0.3, -0.25) is 0 Å². The lowest BCUT2D eigenvalue weighted by Gasteiger charge is -2.16. The van der Waals surface area contributed by atoms with Crippen LogP contribution in [-0.4, -0.2) is 17.7 Å². The third-order valence-electron chi connectivity index (χ3n) is 2.47. The summed E-state index contributed by atoms with van der Waals surface area (Å²) in [7, 11) is 0. The standard InChI is InChI=1S/C12H14BrFO3/c1-4-17-12(16)11(15)9-7(3)8(13)5-6(2)10(9)14/h5,11,15H,4H2,1-3H3. The summed E-state index contributed by atoms with van der Waals surface area (Å²) in [5, 5.41) is 9.80.